The Bertz CT molecular complexity index is 177. The number of hydrogen-bond donors (Lipinski definition) is 0. The molecule has 0 aromatic rings. The van der Waals surface area contributed by atoms with Gasteiger partial charge in [-0.15, -0.1) is 6.58 Å². The second-order valence-corrected chi connectivity index (χ2v) is 3.13. The first-order valence-corrected chi connectivity index (χ1v) is 4.48. The standard InChI is InChI=1S/C11H18O/c1-4-11(8-9-12)7-5-6-10(2)3/h8-9H,2,4-7H2,1,3H3. The third kappa shape index (κ3) is 5.90. The van der Waals surface area contributed by atoms with Crippen LogP contribution in [0.25, 0.3) is 0 Å². The smallest absolute Gasteiger partial charge is 0.142 e. The lowest BCUT2D eigenvalue weighted by Crippen LogP contribution is -1.84. The Morgan fingerprint density at radius 1 is 1.42 bits per heavy atom. The van der Waals surface area contributed by atoms with Crippen molar-refractivity contribution in [2.45, 2.75) is 39.5 Å². The van der Waals surface area contributed by atoms with Crippen molar-refractivity contribution in [3.05, 3.63) is 23.8 Å². The van der Waals surface area contributed by atoms with E-state index in [4.69, 9.17) is 0 Å². The van der Waals surface area contributed by atoms with Gasteiger partial charge >= 0.3 is 0 Å². The monoisotopic (exact) mass is 166 g/mol. The van der Waals surface area contributed by atoms with Gasteiger partial charge in [-0.25, -0.2) is 0 Å². The molecule has 0 aliphatic heterocycles. The lowest BCUT2D eigenvalue weighted by Gasteiger charge is -2.02. The first-order valence-electron chi connectivity index (χ1n) is 4.48. The van der Waals surface area contributed by atoms with Gasteiger partial charge in [0.1, 0.15) is 6.29 Å². The molecule has 0 heterocycles. The van der Waals surface area contributed by atoms with Crippen molar-refractivity contribution in [3.8, 4) is 0 Å². The molecular formula is C11H18O. The zero-order chi connectivity index (χ0) is 9.40. The molecule has 0 aromatic carbocycles. The molecule has 0 radical (unpaired) electrons. The van der Waals surface area contributed by atoms with Crippen molar-refractivity contribution in [2.24, 2.45) is 0 Å². The van der Waals surface area contributed by atoms with E-state index >= 15 is 0 Å². The van der Waals surface area contributed by atoms with Crippen molar-refractivity contribution in [2.75, 3.05) is 0 Å². The molecule has 0 rings (SSSR count). The van der Waals surface area contributed by atoms with E-state index in [0.717, 1.165) is 32.0 Å². The summed E-state index contributed by atoms with van der Waals surface area (Å²) in [6.45, 7) is 7.95. The molecule has 0 aliphatic carbocycles. The van der Waals surface area contributed by atoms with Gasteiger partial charge in [0.2, 0.25) is 0 Å². The normalized spacial score (nSPS) is 11.3. The molecule has 0 fully saturated rings. The summed E-state index contributed by atoms with van der Waals surface area (Å²) in [6, 6.07) is 0. The number of hydrogen-bond acceptors (Lipinski definition) is 1. The van der Waals surface area contributed by atoms with E-state index in [1.54, 1.807) is 6.08 Å². The van der Waals surface area contributed by atoms with E-state index in [-0.39, 0.29) is 0 Å². The van der Waals surface area contributed by atoms with E-state index in [9.17, 15) is 4.79 Å². The lowest BCUT2D eigenvalue weighted by molar-refractivity contribution is -0.104. The van der Waals surface area contributed by atoms with Crippen molar-refractivity contribution in [3.63, 3.8) is 0 Å². The van der Waals surface area contributed by atoms with Crippen LogP contribution in [-0.4, -0.2) is 6.29 Å². The van der Waals surface area contributed by atoms with Crippen LogP contribution in [0.15, 0.2) is 23.8 Å². The molecule has 0 saturated carbocycles. The van der Waals surface area contributed by atoms with E-state index in [1.165, 1.54) is 11.1 Å². The molecule has 0 aromatic heterocycles. The molecular weight excluding hydrogens is 148 g/mol. The van der Waals surface area contributed by atoms with Gasteiger partial charge in [-0.3, -0.25) is 4.79 Å². The Labute approximate surface area is 75.2 Å². The molecule has 68 valence electrons. The van der Waals surface area contributed by atoms with Gasteiger partial charge in [0.25, 0.3) is 0 Å². The molecule has 0 saturated heterocycles. The average Bonchev–Trinajstić information content (AvgIpc) is 2.02. The summed E-state index contributed by atoms with van der Waals surface area (Å²) in [5, 5.41) is 0. The molecule has 1 heteroatoms. The number of aldehydes is 1. The largest absolute Gasteiger partial charge is 0.299 e. The zero-order valence-electron chi connectivity index (χ0n) is 8.10. The highest BCUT2D eigenvalue weighted by atomic mass is 16.1. The van der Waals surface area contributed by atoms with Crippen molar-refractivity contribution in [1.29, 1.82) is 0 Å². The van der Waals surface area contributed by atoms with Gasteiger partial charge in [0.05, 0.1) is 0 Å². The molecule has 0 N–H and O–H groups in total. The predicted octanol–water partition coefficient (Wildman–Crippen LogP) is 3.27. The minimum atomic E-state index is 0.875. The third-order valence-corrected chi connectivity index (χ3v) is 1.86. The summed E-state index contributed by atoms with van der Waals surface area (Å²) in [7, 11) is 0. The topological polar surface area (TPSA) is 17.1 Å². The number of carbonyl (C=O) groups excluding carboxylic acids is 1. The summed E-state index contributed by atoms with van der Waals surface area (Å²) in [4.78, 5) is 10.2. The second kappa shape index (κ2) is 6.84. The van der Waals surface area contributed by atoms with Crippen LogP contribution in [0.3, 0.4) is 0 Å². The second-order valence-electron chi connectivity index (χ2n) is 3.13. The van der Waals surface area contributed by atoms with Gasteiger partial charge in [0, 0.05) is 0 Å². The van der Waals surface area contributed by atoms with Crippen molar-refractivity contribution in [1.82, 2.24) is 0 Å². The Kier molecular flexibility index (Phi) is 6.35. The first-order chi connectivity index (χ1) is 5.70. The van der Waals surface area contributed by atoms with Crippen molar-refractivity contribution >= 4 is 6.29 Å². The van der Waals surface area contributed by atoms with E-state index in [2.05, 4.69) is 13.5 Å². The summed E-state index contributed by atoms with van der Waals surface area (Å²) in [6.07, 6.45) is 6.74. The van der Waals surface area contributed by atoms with Gasteiger partial charge in [-0.05, 0) is 38.7 Å². The maximum atomic E-state index is 10.2. The fraction of sp³-hybridized carbons (Fsp3) is 0.545. The fourth-order valence-electron chi connectivity index (χ4n) is 1.09. The third-order valence-electron chi connectivity index (χ3n) is 1.86. The molecule has 1 nitrogen and oxygen atoms in total. The average molecular weight is 166 g/mol. The van der Waals surface area contributed by atoms with Crippen LogP contribution < -0.4 is 0 Å². The maximum absolute atomic E-state index is 10.2. The fourth-order valence-corrected chi connectivity index (χ4v) is 1.09. The van der Waals surface area contributed by atoms with Crippen LogP contribution in [0.5, 0.6) is 0 Å². The summed E-state index contributed by atoms with van der Waals surface area (Å²) >= 11 is 0. The summed E-state index contributed by atoms with van der Waals surface area (Å²) < 4.78 is 0. The van der Waals surface area contributed by atoms with Gasteiger partial charge in [-0.2, -0.15) is 0 Å². The van der Waals surface area contributed by atoms with Crippen LogP contribution >= 0.6 is 0 Å². The SMILES string of the molecule is C=C(C)CCCC(=CC=O)CC. The molecule has 0 bridgehead atoms. The molecule has 0 atom stereocenters. The van der Waals surface area contributed by atoms with Gasteiger partial charge in [-0.1, -0.05) is 18.1 Å². The molecule has 0 aliphatic rings. The number of carbonyl (C=O) groups is 1. The minimum Gasteiger partial charge on any atom is -0.299 e. The summed E-state index contributed by atoms with van der Waals surface area (Å²) in [5.41, 5.74) is 2.46. The predicted molar refractivity (Wildman–Crippen MR) is 53.1 cm³/mol. The van der Waals surface area contributed by atoms with Gasteiger partial charge in [0.15, 0.2) is 0 Å². The van der Waals surface area contributed by atoms with Crippen LogP contribution in [0.1, 0.15) is 39.5 Å². The molecule has 12 heavy (non-hydrogen) atoms. The quantitative estimate of drug-likeness (QED) is 0.336. The highest BCUT2D eigenvalue weighted by Gasteiger charge is 1.94. The first kappa shape index (κ1) is 11.2. The highest BCUT2D eigenvalue weighted by Crippen LogP contribution is 2.12. The Hall–Kier alpha value is -0.850. The Morgan fingerprint density at radius 3 is 2.50 bits per heavy atom. The zero-order valence-corrected chi connectivity index (χ0v) is 8.10. The Morgan fingerprint density at radius 2 is 2.08 bits per heavy atom. The molecule has 0 spiro atoms. The lowest BCUT2D eigenvalue weighted by atomic mass is 10.0. The molecule has 0 unspecified atom stereocenters. The number of rotatable bonds is 6. The van der Waals surface area contributed by atoms with Crippen LogP contribution in [0, 0.1) is 0 Å². The van der Waals surface area contributed by atoms with Gasteiger partial charge < -0.3 is 0 Å². The maximum Gasteiger partial charge on any atom is 0.142 e. The van der Waals surface area contributed by atoms with E-state index in [0.29, 0.717) is 0 Å². The van der Waals surface area contributed by atoms with E-state index in [1.807, 2.05) is 6.92 Å². The Balaban J connectivity index is 3.66. The van der Waals surface area contributed by atoms with Crippen LogP contribution in [0.2, 0.25) is 0 Å². The highest BCUT2D eigenvalue weighted by molar-refractivity contribution is 5.66. The van der Waals surface area contributed by atoms with Crippen LogP contribution in [0.4, 0.5) is 0 Å². The molecule has 0 amide bonds. The van der Waals surface area contributed by atoms with E-state index < -0.39 is 0 Å². The number of allylic oxidation sites excluding steroid dienone is 3. The van der Waals surface area contributed by atoms with Crippen LogP contribution in [-0.2, 0) is 4.79 Å². The minimum absolute atomic E-state index is 0.875. The summed E-state index contributed by atoms with van der Waals surface area (Å²) in [5.74, 6) is 0. The van der Waals surface area contributed by atoms with Crippen molar-refractivity contribution < 1.29 is 4.79 Å².